The van der Waals surface area contributed by atoms with Gasteiger partial charge in [0.2, 0.25) is 0 Å². The number of imidazole rings is 1. The van der Waals surface area contributed by atoms with Crippen molar-refractivity contribution in [2.75, 3.05) is 24.3 Å². The summed E-state index contributed by atoms with van der Waals surface area (Å²) in [6.45, 7) is 0.703. The number of nitrogens with two attached hydrogens (primary N) is 1. The van der Waals surface area contributed by atoms with Gasteiger partial charge in [-0.2, -0.15) is 11.8 Å². The van der Waals surface area contributed by atoms with Gasteiger partial charge in [0.15, 0.2) is 11.5 Å². The normalized spacial score (nSPS) is 12.0. The third kappa shape index (κ3) is 6.02. The molecule has 0 spiro atoms. The summed E-state index contributed by atoms with van der Waals surface area (Å²) in [6, 6.07) is 3.77. The molecule has 0 aliphatic carbocycles. The van der Waals surface area contributed by atoms with Crippen molar-refractivity contribution >= 4 is 63.8 Å². The van der Waals surface area contributed by atoms with Crippen LogP contribution < -0.4 is 11.1 Å². The maximum atomic E-state index is 12.6. The van der Waals surface area contributed by atoms with Gasteiger partial charge in [-0.1, -0.05) is 23.2 Å². The van der Waals surface area contributed by atoms with Gasteiger partial charge in [-0.3, -0.25) is 4.79 Å². The summed E-state index contributed by atoms with van der Waals surface area (Å²) in [5.74, 6) is 0.0288. The van der Waals surface area contributed by atoms with Crippen LogP contribution in [0.3, 0.4) is 0 Å². The SMILES string of the molecule is CSCCC(NC(=O)c1ccc(Cl)cc1Cl)C(=O)OCCCn1cnc2c(N)ncnc21. The molecule has 0 saturated heterocycles. The first kappa shape index (κ1) is 24.1. The molecule has 0 bridgehead atoms. The van der Waals surface area contributed by atoms with Crippen LogP contribution in [-0.4, -0.2) is 56.1 Å². The Labute approximate surface area is 199 Å². The van der Waals surface area contributed by atoms with Crippen molar-refractivity contribution in [3.8, 4) is 0 Å². The highest BCUT2D eigenvalue weighted by Gasteiger charge is 2.23. The molecule has 0 radical (unpaired) electrons. The Morgan fingerprint density at radius 3 is 2.84 bits per heavy atom. The van der Waals surface area contributed by atoms with Crippen molar-refractivity contribution < 1.29 is 14.3 Å². The predicted octanol–water partition coefficient (Wildman–Crippen LogP) is 3.20. The number of rotatable bonds is 10. The molecule has 170 valence electrons. The molecule has 3 N–H and O–H groups in total. The number of aryl methyl sites for hydroxylation is 1. The molecule has 9 nitrogen and oxygen atoms in total. The molecule has 1 unspecified atom stereocenters. The van der Waals surface area contributed by atoms with Gasteiger partial charge in [0.05, 0.1) is 23.5 Å². The van der Waals surface area contributed by atoms with Gasteiger partial charge in [0, 0.05) is 11.6 Å². The second-order valence-electron chi connectivity index (χ2n) is 6.82. The van der Waals surface area contributed by atoms with E-state index >= 15 is 0 Å². The lowest BCUT2D eigenvalue weighted by Crippen LogP contribution is -2.42. The lowest BCUT2D eigenvalue weighted by atomic mass is 10.1. The van der Waals surface area contributed by atoms with Gasteiger partial charge in [-0.15, -0.1) is 0 Å². The molecular formula is C20H22Cl2N6O3S. The van der Waals surface area contributed by atoms with Gasteiger partial charge in [0.25, 0.3) is 5.91 Å². The van der Waals surface area contributed by atoms with Gasteiger partial charge >= 0.3 is 5.97 Å². The molecule has 2 heterocycles. The third-order valence-corrected chi connectivity index (χ3v) is 5.79. The van der Waals surface area contributed by atoms with Crippen LogP contribution in [0.5, 0.6) is 0 Å². The van der Waals surface area contributed by atoms with E-state index in [9.17, 15) is 9.59 Å². The first-order valence-corrected chi connectivity index (χ1v) is 11.9. The Morgan fingerprint density at radius 1 is 1.28 bits per heavy atom. The van der Waals surface area contributed by atoms with Crippen molar-refractivity contribution in [3.05, 3.63) is 46.5 Å². The van der Waals surface area contributed by atoms with E-state index in [2.05, 4.69) is 20.3 Å². The Hall–Kier alpha value is -2.56. The fraction of sp³-hybridized carbons (Fsp3) is 0.350. The number of aromatic nitrogens is 4. The van der Waals surface area contributed by atoms with Crippen LogP contribution in [0.2, 0.25) is 10.0 Å². The topological polar surface area (TPSA) is 125 Å². The van der Waals surface area contributed by atoms with Crippen LogP contribution in [0.4, 0.5) is 5.82 Å². The zero-order valence-corrected chi connectivity index (χ0v) is 19.6. The summed E-state index contributed by atoms with van der Waals surface area (Å²) in [4.78, 5) is 37.5. The Kier molecular flexibility index (Phi) is 8.54. The predicted molar refractivity (Wildman–Crippen MR) is 126 cm³/mol. The Bertz CT molecular complexity index is 1110. The van der Waals surface area contributed by atoms with Crippen LogP contribution in [0.15, 0.2) is 30.9 Å². The summed E-state index contributed by atoms with van der Waals surface area (Å²) in [6.07, 6.45) is 5.88. The van der Waals surface area contributed by atoms with Crippen LogP contribution in [0, 0.1) is 0 Å². The zero-order valence-electron chi connectivity index (χ0n) is 17.3. The molecule has 1 atom stereocenters. The first-order valence-electron chi connectivity index (χ1n) is 9.73. The third-order valence-electron chi connectivity index (χ3n) is 4.59. The average Bonchev–Trinajstić information content (AvgIpc) is 3.18. The van der Waals surface area contributed by atoms with E-state index in [-0.39, 0.29) is 17.2 Å². The minimum Gasteiger partial charge on any atom is -0.464 e. The van der Waals surface area contributed by atoms with Gasteiger partial charge < -0.3 is 20.4 Å². The number of nitrogens with one attached hydrogen (secondary N) is 1. The molecular weight excluding hydrogens is 475 g/mol. The number of hydrogen-bond donors (Lipinski definition) is 2. The van der Waals surface area contributed by atoms with E-state index in [0.29, 0.717) is 47.1 Å². The number of carbonyl (C=O) groups excluding carboxylic acids is 2. The van der Waals surface area contributed by atoms with Crippen LogP contribution in [-0.2, 0) is 16.1 Å². The van der Waals surface area contributed by atoms with E-state index < -0.39 is 17.9 Å². The lowest BCUT2D eigenvalue weighted by Gasteiger charge is -2.18. The number of anilines is 1. The molecule has 3 rings (SSSR count). The summed E-state index contributed by atoms with van der Waals surface area (Å²) in [5.41, 5.74) is 7.18. The maximum Gasteiger partial charge on any atom is 0.328 e. The molecule has 12 heteroatoms. The quantitative estimate of drug-likeness (QED) is 0.323. The van der Waals surface area contributed by atoms with Crippen molar-refractivity contribution in [3.63, 3.8) is 0 Å². The second kappa shape index (κ2) is 11.3. The maximum absolute atomic E-state index is 12.6. The summed E-state index contributed by atoms with van der Waals surface area (Å²) < 4.78 is 7.23. The molecule has 0 fully saturated rings. The van der Waals surface area contributed by atoms with Crippen molar-refractivity contribution in [1.82, 2.24) is 24.8 Å². The highest BCUT2D eigenvalue weighted by atomic mass is 35.5. The Morgan fingerprint density at radius 2 is 2.09 bits per heavy atom. The standard InChI is InChI=1S/C20H22Cl2N6O3S/c1-32-8-5-15(27-19(29)13-4-3-12(21)9-14(13)22)20(30)31-7-2-6-28-11-26-16-17(23)24-10-25-18(16)28/h3-4,9-11,15H,2,5-8H2,1H3,(H,27,29)(H2,23,24,25). The second-order valence-corrected chi connectivity index (χ2v) is 8.65. The Balaban J connectivity index is 1.55. The van der Waals surface area contributed by atoms with Gasteiger partial charge in [-0.25, -0.2) is 19.7 Å². The summed E-state index contributed by atoms with van der Waals surface area (Å²) >= 11 is 13.6. The van der Waals surface area contributed by atoms with E-state index in [1.807, 2.05) is 10.8 Å². The van der Waals surface area contributed by atoms with Crippen molar-refractivity contribution in [2.45, 2.75) is 25.4 Å². The number of fused-ring (bicyclic) bond motifs is 1. The number of nitrogens with zero attached hydrogens (tertiary/aromatic N) is 4. The minimum atomic E-state index is -0.789. The number of carbonyl (C=O) groups is 2. The molecule has 1 amide bonds. The number of esters is 1. The highest BCUT2D eigenvalue weighted by Crippen LogP contribution is 2.21. The van der Waals surface area contributed by atoms with Gasteiger partial charge in [-0.05, 0) is 43.0 Å². The molecule has 32 heavy (non-hydrogen) atoms. The zero-order chi connectivity index (χ0) is 23.1. The minimum absolute atomic E-state index is 0.173. The number of amides is 1. The summed E-state index contributed by atoms with van der Waals surface area (Å²) in [5, 5.41) is 3.35. The lowest BCUT2D eigenvalue weighted by molar-refractivity contribution is -0.146. The summed E-state index contributed by atoms with van der Waals surface area (Å²) in [7, 11) is 0. The first-order chi connectivity index (χ1) is 15.4. The van der Waals surface area contributed by atoms with Crippen LogP contribution in [0.1, 0.15) is 23.2 Å². The van der Waals surface area contributed by atoms with Crippen molar-refractivity contribution in [2.24, 2.45) is 0 Å². The van der Waals surface area contributed by atoms with Crippen LogP contribution in [0.25, 0.3) is 11.2 Å². The van der Waals surface area contributed by atoms with Crippen molar-refractivity contribution in [1.29, 1.82) is 0 Å². The smallest absolute Gasteiger partial charge is 0.328 e. The number of hydrogen-bond acceptors (Lipinski definition) is 8. The van der Waals surface area contributed by atoms with E-state index in [1.165, 1.54) is 18.5 Å². The molecule has 0 saturated carbocycles. The molecule has 2 aromatic heterocycles. The van der Waals surface area contributed by atoms with E-state index in [4.69, 9.17) is 33.7 Å². The largest absolute Gasteiger partial charge is 0.464 e. The molecule has 1 aromatic carbocycles. The molecule has 3 aromatic rings. The average molecular weight is 497 g/mol. The number of halogens is 2. The van der Waals surface area contributed by atoms with Gasteiger partial charge in [0.1, 0.15) is 17.9 Å². The number of ether oxygens (including phenoxy) is 1. The number of thioether (sulfide) groups is 1. The van der Waals surface area contributed by atoms with E-state index in [0.717, 1.165) is 0 Å². The van der Waals surface area contributed by atoms with E-state index in [1.54, 1.807) is 24.2 Å². The number of nitrogen functional groups attached to an aromatic ring is 1. The fourth-order valence-electron chi connectivity index (χ4n) is 2.96. The number of benzene rings is 1. The molecule has 0 aliphatic heterocycles. The fourth-order valence-corrected chi connectivity index (χ4v) is 3.93. The molecule has 0 aliphatic rings. The monoisotopic (exact) mass is 496 g/mol. The van der Waals surface area contributed by atoms with Crippen LogP contribution >= 0.6 is 35.0 Å². The highest BCUT2D eigenvalue weighted by molar-refractivity contribution is 7.98.